The van der Waals surface area contributed by atoms with Crippen molar-refractivity contribution in [2.45, 2.75) is 44.7 Å². The van der Waals surface area contributed by atoms with Gasteiger partial charge in [0.1, 0.15) is 0 Å². The molecule has 1 saturated carbocycles. The van der Waals surface area contributed by atoms with E-state index in [9.17, 15) is 4.79 Å². The average molecular weight is 334 g/mol. The Morgan fingerprint density at radius 1 is 1.39 bits per heavy atom. The van der Waals surface area contributed by atoms with Crippen LogP contribution in [0.25, 0.3) is 0 Å². The molecule has 1 aliphatic carbocycles. The average Bonchev–Trinajstić information content (AvgIpc) is 3.33. The largest absolute Gasteiger partial charge is 0.352 e. The van der Waals surface area contributed by atoms with Crippen LogP contribution in [-0.4, -0.2) is 42.9 Å². The molecule has 2 fully saturated rings. The minimum absolute atomic E-state index is 0.282. The molecule has 0 spiro atoms. The van der Waals surface area contributed by atoms with E-state index in [-0.39, 0.29) is 5.92 Å². The molecule has 126 valence electrons. The zero-order valence-corrected chi connectivity index (χ0v) is 14.6. The molecular formula is C17H26N4OS. The maximum absolute atomic E-state index is 12.5. The molecule has 1 aliphatic heterocycles. The SMILES string of the molecule is CN=C(NCc1ccsc1)NC1CCN(C(=O)C2CCCC2)C1. The number of nitrogens with one attached hydrogen (secondary N) is 2. The topological polar surface area (TPSA) is 56.7 Å². The van der Waals surface area contributed by atoms with Gasteiger partial charge in [0.25, 0.3) is 0 Å². The molecule has 1 saturated heterocycles. The fourth-order valence-corrected chi connectivity index (χ4v) is 4.14. The number of likely N-dealkylation sites (tertiary alicyclic amines) is 1. The summed E-state index contributed by atoms with van der Waals surface area (Å²) in [6.07, 6.45) is 5.59. The Kier molecular flexibility index (Phi) is 5.54. The zero-order chi connectivity index (χ0) is 16.1. The van der Waals surface area contributed by atoms with Crippen molar-refractivity contribution < 1.29 is 4.79 Å². The van der Waals surface area contributed by atoms with Gasteiger partial charge in [0.15, 0.2) is 5.96 Å². The summed E-state index contributed by atoms with van der Waals surface area (Å²) < 4.78 is 0. The van der Waals surface area contributed by atoms with Crippen LogP contribution in [0.2, 0.25) is 0 Å². The van der Waals surface area contributed by atoms with E-state index < -0.39 is 0 Å². The Balaban J connectivity index is 1.45. The number of rotatable bonds is 4. The van der Waals surface area contributed by atoms with Crippen molar-refractivity contribution in [1.82, 2.24) is 15.5 Å². The van der Waals surface area contributed by atoms with Crippen LogP contribution >= 0.6 is 11.3 Å². The normalized spacial score (nSPS) is 22.6. The highest BCUT2D eigenvalue weighted by atomic mass is 32.1. The number of hydrogen-bond acceptors (Lipinski definition) is 3. The molecule has 1 atom stereocenters. The predicted octanol–water partition coefficient (Wildman–Crippen LogP) is 2.20. The molecule has 1 unspecified atom stereocenters. The minimum atomic E-state index is 0.282. The number of nitrogens with zero attached hydrogens (tertiary/aromatic N) is 2. The number of amides is 1. The van der Waals surface area contributed by atoms with Crippen LogP contribution in [-0.2, 0) is 11.3 Å². The second-order valence-electron chi connectivity index (χ2n) is 6.45. The summed E-state index contributed by atoms with van der Waals surface area (Å²) in [5, 5.41) is 11.0. The maximum Gasteiger partial charge on any atom is 0.225 e. The van der Waals surface area contributed by atoms with Gasteiger partial charge < -0.3 is 15.5 Å². The lowest BCUT2D eigenvalue weighted by molar-refractivity contribution is -0.134. The summed E-state index contributed by atoms with van der Waals surface area (Å²) in [7, 11) is 1.79. The van der Waals surface area contributed by atoms with Gasteiger partial charge in [-0.3, -0.25) is 9.79 Å². The number of carbonyl (C=O) groups excluding carboxylic acids is 1. The second kappa shape index (κ2) is 7.81. The molecule has 2 N–H and O–H groups in total. The van der Waals surface area contributed by atoms with E-state index in [1.807, 2.05) is 4.90 Å². The smallest absolute Gasteiger partial charge is 0.225 e. The third kappa shape index (κ3) is 4.25. The number of guanidine groups is 1. The van der Waals surface area contributed by atoms with Crippen LogP contribution in [0.15, 0.2) is 21.8 Å². The van der Waals surface area contributed by atoms with Gasteiger partial charge in [-0.15, -0.1) is 0 Å². The van der Waals surface area contributed by atoms with Crippen LogP contribution < -0.4 is 10.6 Å². The van der Waals surface area contributed by atoms with Crippen LogP contribution in [0.5, 0.6) is 0 Å². The molecule has 5 nitrogen and oxygen atoms in total. The van der Waals surface area contributed by atoms with Crippen molar-refractivity contribution in [3.05, 3.63) is 22.4 Å². The molecule has 0 aromatic carbocycles. The zero-order valence-electron chi connectivity index (χ0n) is 13.8. The van der Waals surface area contributed by atoms with E-state index in [1.165, 1.54) is 18.4 Å². The third-order valence-corrected chi connectivity index (χ3v) is 5.54. The van der Waals surface area contributed by atoms with Crippen LogP contribution in [0.3, 0.4) is 0 Å². The highest BCUT2D eigenvalue weighted by Crippen LogP contribution is 2.27. The molecule has 0 bridgehead atoms. The van der Waals surface area contributed by atoms with Gasteiger partial charge in [-0.05, 0) is 41.7 Å². The monoisotopic (exact) mass is 334 g/mol. The highest BCUT2D eigenvalue weighted by Gasteiger charge is 2.32. The van der Waals surface area contributed by atoms with Gasteiger partial charge in [0.05, 0.1) is 0 Å². The van der Waals surface area contributed by atoms with Gasteiger partial charge in [0.2, 0.25) is 5.91 Å². The van der Waals surface area contributed by atoms with E-state index in [0.29, 0.717) is 11.9 Å². The van der Waals surface area contributed by atoms with Crippen molar-refractivity contribution in [3.63, 3.8) is 0 Å². The molecule has 1 amide bonds. The Morgan fingerprint density at radius 3 is 2.91 bits per heavy atom. The highest BCUT2D eigenvalue weighted by molar-refractivity contribution is 7.07. The third-order valence-electron chi connectivity index (χ3n) is 4.81. The van der Waals surface area contributed by atoms with E-state index in [1.54, 1.807) is 18.4 Å². The summed E-state index contributed by atoms with van der Waals surface area (Å²) in [6, 6.07) is 2.41. The Labute approximate surface area is 142 Å². The minimum Gasteiger partial charge on any atom is -0.352 e. The van der Waals surface area contributed by atoms with E-state index >= 15 is 0 Å². The van der Waals surface area contributed by atoms with Crippen LogP contribution in [0, 0.1) is 5.92 Å². The first kappa shape index (κ1) is 16.3. The number of aliphatic imine (C=N–C) groups is 1. The first-order valence-electron chi connectivity index (χ1n) is 8.53. The van der Waals surface area contributed by atoms with Gasteiger partial charge in [-0.2, -0.15) is 11.3 Å². The first-order chi connectivity index (χ1) is 11.3. The number of carbonyl (C=O) groups is 1. The number of thiophene rings is 1. The second-order valence-corrected chi connectivity index (χ2v) is 7.23. The molecule has 2 heterocycles. The fraction of sp³-hybridized carbons (Fsp3) is 0.647. The molecule has 23 heavy (non-hydrogen) atoms. The van der Waals surface area contributed by atoms with E-state index in [0.717, 1.165) is 44.9 Å². The van der Waals surface area contributed by atoms with Crippen molar-refractivity contribution in [1.29, 1.82) is 0 Å². The molecule has 1 aromatic heterocycles. The molecule has 2 aliphatic rings. The van der Waals surface area contributed by atoms with Crippen molar-refractivity contribution in [2.24, 2.45) is 10.9 Å². The Morgan fingerprint density at radius 2 is 2.22 bits per heavy atom. The molecular weight excluding hydrogens is 308 g/mol. The lowest BCUT2D eigenvalue weighted by atomic mass is 10.1. The molecule has 6 heteroatoms. The van der Waals surface area contributed by atoms with Crippen molar-refractivity contribution >= 4 is 23.2 Å². The lowest BCUT2D eigenvalue weighted by Gasteiger charge is -2.21. The predicted molar refractivity (Wildman–Crippen MR) is 94.6 cm³/mol. The summed E-state index contributed by atoms with van der Waals surface area (Å²) in [4.78, 5) is 18.8. The van der Waals surface area contributed by atoms with Gasteiger partial charge in [-0.1, -0.05) is 12.8 Å². The maximum atomic E-state index is 12.5. The summed E-state index contributed by atoms with van der Waals surface area (Å²) in [5.41, 5.74) is 1.27. The van der Waals surface area contributed by atoms with Crippen molar-refractivity contribution in [2.75, 3.05) is 20.1 Å². The molecule has 0 radical (unpaired) electrons. The van der Waals surface area contributed by atoms with E-state index in [2.05, 4.69) is 32.5 Å². The summed E-state index contributed by atoms with van der Waals surface area (Å²) in [6.45, 7) is 2.45. The Bertz CT molecular complexity index is 537. The standard InChI is InChI=1S/C17H26N4OS/c1-18-17(19-10-13-7-9-23-12-13)20-15-6-8-21(11-15)16(22)14-4-2-3-5-14/h7,9,12,14-15H,2-6,8,10-11H2,1H3,(H2,18,19,20). The van der Waals surface area contributed by atoms with E-state index in [4.69, 9.17) is 0 Å². The lowest BCUT2D eigenvalue weighted by Crippen LogP contribution is -2.45. The van der Waals surface area contributed by atoms with Gasteiger partial charge in [-0.25, -0.2) is 0 Å². The van der Waals surface area contributed by atoms with Crippen LogP contribution in [0.4, 0.5) is 0 Å². The van der Waals surface area contributed by atoms with Crippen molar-refractivity contribution in [3.8, 4) is 0 Å². The quantitative estimate of drug-likeness (QED) is 0.656. The Hall–Kier alpha value is -1.56. The molecule has 1 aromatic rings. The van der Waals surface area contributed by atoms with Gasteiger partial charge >= 0.3 is 0 Å². The number of hydrogen-bond donors (Lipinski definition) is 2. The first-order valence-corrected chi connectivity index (χ1v) is 9.47. The van der Waals surface area contributed by atoms with Gasteiger partial charge in [0, 0.05) is 38.6 Å². The summed E-state index contributed by atoms with van der Waals surface area (Å²) >= 11 is 1.70. The van der Waals surface area contributed by atoms with Crippen LogP contribution in [0.1, 0.15) is 37.7 Å². The fourth-order valence-electron chi connectivity index (χ4n) is 3.48. The summed E-state index contributed by atoms with van der Waals surface area (Å²) in [5.74, 6) is 1.47. The molecule has 3 rings (SSSR count).